The first-order valence-corrected chi connectivity index (χ1v) is 8.20. The predicted molar refractivity (Wildman–Crippen MR) is 75.8 cm³/mol. The molecular weight excluding hydrogens is 230 g/mol. The van der Waals surface area contributed by atoms with Gasteiger partial charge in [0.1, 0.15) is 0 Å². The van der Waals surface area contributed by atoms with Gasteiger partial charge in [0.2, 0.25) is 0 Å². The van der Waals surface area contributed by atoms with Gasteiger partial charge in [-0.05, 0) is 57.5 Å². The van der Waals surface area contributed by atoms with Crippen LogP contribution in [0.2, 0.25) is 0 Å². The van der Waals surface area contributed by atoms with Crippen molar-refractivity contribution in [3.8, 4) is 0 Å². The van der Waals surface area contributed by atoms with Crippen molar-refractivity contribution in [3.63, 3.8) is 0 Å². The lowest BCUT2D eigenvalue weighted by Crippen LogP contribution is -2.53. The zero-order valence-electron chi connectivity index (χ0n) is 11.6. The van der Waals surface area contributed by atoms with Crippen LogP contribution in [0.1, 0.15) is 52.9 Å². The molecule has 2 heterocycles. The first kappa shape index (κ1) is 13.7. The van der Waals surface area contributed by atoms with E-state index in [9.17, 15) is 0 Å². The molecule has 2 saturated heterocycles. The van der Waals surface area contributed by atoms with Crippen LogP contribution in [0.5, 0.6) is 0 Å². The van der Waals surface area contributed by atoms with Crippen LogP contribution < -0.4 is 5.32 Å². The molecule has 2 fully saturated rings. The first-order valence-electron chi connectivity index (χ1n) is 7.05. The lowest BCUT2D eigenvalue weighted by Gasteiger charge is -2.45. The highest BCUT2D eigenvalue weighted by molar-refractivity contribution is 7.99. The quantitative estimate of drug-likeness (QED) is 0.839. The fourth-order valence-electron chi connectivity index (χ4n) is 2.90. The molecule has 0 saturated carbocycles. The van der Waals surface area contributed by atoms with Crippen LogP contribution in [0, 0.1) is 0 Å². The van der Waals surface area contributed by atoms with Crippen LogP contribution in [0.4, 0.5) is 0 Å². The molecule has 0 radical (unpaired) electrons. The summed E-state index contributed by atoms with van der Waals surface area (Å²) in [4.78, 5) is 0. The van der Waals surface area contributed by atoms with Gasteiger partial charge >= 0.3 is 0 Å². The van der Waals surface area contributed by atoms with E-state index in [4.69, 9.17) is 4.74 Å². The second-order valence-electron chi connectivity index (χ2n) is 6.22. The van der Waals surface area contributed by atoms with Crippen molar-refractivity contribution >= 4 is 11.8 Å². The molecule has 17 heavy (non-hydrogen) atoms. The maximum Gasteiger partial charge on any atom is 0.0713 e. The van der Waals surface area contributed by atoms with E-state index >= 15 is 0 Å². The summed E-state index contributed by atoms with van der Waals surface area (Å²) >= 11 is 2.08. The number of ether oxygens (including phenoxy) is 1. The summed E-state index contributed by atoms with van der Waals surface area (Å²) in [6.45, 7) is 7.83. The SMILES string of the molecule is CCC(C)(C)NC1CCOC2(CCSCC2)C1. The molecular formula is C14H27NOS. The van der Waals surface area contributed by atoms with E-state index in [0.29, 0.717) is 6.04 Å². The lowest BCUT2D eigenvalue weighted by molar-refractivity contribution is -0.0956. The Hall–Kier alpha value is 0.270. The normalized spacial score (nSPS) is 29.5. The van der Waals surface area contributed by atoms with Gasteiger partial charge in [-0.3, -0.25) is 0 Å². The summed E-state index contributed by atoms with van der Waals surface area (Å²) in [7, 11) is 0. The van der Waals surface area contributed by atoms with Gasteiger partial charge in [-0.2, -0.15) is 11.8 Å². The summed E-state index contributed by atoms with van der Waals surface area (Å²) in [5, 5.41) is 3.83. The second-order valence-corrected chi connectivity index (χ2v) is 7.44. The molecule has 2 aliphatic rings. The third kappa shape index (κ3) is 3.62. The maximum atomic E-state index is 6.13. The van der Waals surface area contributed by atoms with E-state index in [-0.39, 0.29) is 11.1 Å². The van der Waals surface area contributed by atoms with Gasteiger partial charge < -0.3 is 10.1 Å². The average molecular weight is 257 g/mol. The van der Waals surface area contributed by atoms with Gasteiger partial charge in [-0.1, -0.05) is 6.92 Å². The molecule has 0 bridgehead atoms. The number of rotatable bonds is 3. The zero-order chi connectivity index (χ0) is 12.4. The minimum Gasteiger partial charge on any atom is -0.375 e. The molecule has 0 amide bonds. The Labute approximate surface area is 110 Å². The molecule has 0 aromatic heterocycles. The summed E-state index contributed by atoms with van der Waals surface area (Å²) in [5.41, 5.74) is 0.484. The van der Waals surface area contributed by atoms with Crippen LogP contribution in [-0.2, 0) is 4.74 Å². The highest BCUT2D eigenvalue weighted by Crippen LogP contribution is 2.37. The van der Waals surface area contributed by atoms with E-state index in [0.717, 1.165) is 6.61 Å². The van der Waals surface area contributed by atoms with Gasteiger partial charge in [-0.25, -0.2) is 0 Å². The van der Waals surface area contributed by atoms with Crippen molar-refractivity contribution in [2.75, 3.05) is 18.1 Å². The fourth-order valence-corrected chi connectivity index (χ4v) is 4.13. The molecule has 0 aliphatic carbocycles. The van der Waals surface area contributed by atoms with Crippen LogP contribution in [-0.4, -0.2) is 35.3 Å². The van der Waals surface area contributed by atoms with Crippen LogP contribution in [0.25, 0.3) is 0 Å². The maximum absolute atomic E-state index is 6.13. The van der Waals surface area contributed by atoms with Gasteiger partial charge in [-0.15, -0.1) is 0 Å². The number of thioether (sulfide) groups is 1. The molecule has 1 spiro atoms. The summed E-state index contributed by atoms with van der Waals surface area (Å²) in [5.74, 6) is 2.56. The Kier molecular flexibility index (Phi) is 4.43. The van der Waals surface area contributed by atoms with Crippen LogP contribution >= 0.6 is 11.8 Å². The standard InChI is InChI=1S/C14H27NOS/c1-4-13(2,3)15-12-5-8-16-14(11-12)6-9-17-10-7-14/h12,15H,4-11H2,1-3H3. The molecule has 100 valence electrons. The van der Waals surface area contributed by atoms with Crippen LogP contribution in [0.15, 0.2) is 0 Å². The highest BCUT2D eigenvalue weighted by atomic mass is 32.2. The Balaban J connectivity index is 1.92. The third-order valence-corrected chi connectivity index (χ3v) is 5.36. The zero-order valence-corrected chi connectivity index (χ0v) is 12.4. The van der Waals surface area contributed by atoms with Crippen molar-refractivity contribution < 1.29 is 4.74 Å². The van der Waals surface area contributed by atoms with Crippen molar-refractivity contribution in [1.82, 2.24) is 5.32 Å². The Bertz CT molecular complexity index is 243. The third-order valence-electron chi connectivity index (χ3n) is 4.38. The number of hydrogen-bond acceptors (Lipinski definition) is 3. The molecule has 1 N–H and O–H groups in total. The van der Waals surface area contributed by atoms with Crippen molar-refractivity contribution in [1.29, 1.82) is 0 Å². The molecule has 0 aromatic carbocycles. The van der Waals surface area contributed by atoms with Gasteiger partial charge in [0.05, 0.1) is 5.60 Å². The fraction of sp³-hybridized carbons (Fsp3) is 1.00. The number of nitrogens with one attached hydrogen (secondary N) is 1. The van der Waals surface area contributed by atoms with Crippen molar-refractivity contribution in [2.45, 2.75) is 70.1 Å². The smallest absolute Gasteiger partial charge is 0.0713 e. The Morgan fingerprint density at radius 1 is 1.35 bits per heavy atom. The monoisotopic (exact) mass is 257 g/mol. The molecule has 2 aliphatic heterocycles. The molecule has 2 rings (SSSR count). The van der Waals surface area contributed by atoms with Gasteiger partial charge in [0.15, 0.2) is 0 Å². The molecule has 0 aromatic rings. The minimum absolute atomic E-state index is 0.213. The van der Waals surface area contributed by atoms with Crippen molar-refractivity contribution in [3.05, 3.63) is 0 Å². The Morgan fingerprint density at radius 2 is 2.06 bits per heavy atom. The predicted octanol–water partition coefficient (Wildman–Crippen LogP) is 3.21. The van der Waals surface area contributed by atoms with Crippen LogP contribution in [0.3, 0.4) is 0 Å². The Morgan fingerprint density at radius 3 is 2.71 bits per heavy atom. The van der Waals surface area contributed by atoms with Gasteiger partial charge in [0.25, 0.3) is 0 Å². The molecule has 2 nitrogen and oxygen atoms in total. The number of hydrogen-bond donors (Lipinski definition) is 1. The summed E-state index contributed by atoms with van der Waals surface area (Å²) < 4.78 is 6.13. The van der Waals surface area contributed by atoms with E-state index in [2.05, 4.69) is 37.8 Å². The topological polar surface area (TPSA) is 21.3 Å². The van der Waals surface area contributed by atoms with Gasteiger partial charge in [0, 0.05) is 18.2 Å². The second kappa shape index (κ2) is 5.50. The highest BCUT2D eigenvalue weighted by Gasteiger charge is 2.39. The largest absolute Gasteiger partial charge is 0.375 e. The molecule has 1 unspecified atom stereocenters. The van der Waals surface area contributed by atoms with E-state index in [1.54, 1.807) is 0 Å². The van der Waals surface area contributed by atoms with E-state index < -0.39 is 0 Å². The summed E-state index contributed by atoms with van der Waals surface area (Å²) in [6, 6.07) is 0.654. The molecule has 3 heteroatoms. The van der Waals surface area contributed by atoms with E-state index in [1.165, 1.54) is 43.6 Å². The first-order chi connectivity index (χ1) is 8.05. The average Bonchev–Trinajstić information content (AvgIpc) is 2.29. The minimum atomic E-state index is 0.213. The lowest BCUT2D eigenvalue weighted by atomic mass is 9.84. The van der Waals surface area contributed by atoms with E-state index in [1.807, 2.05) is 0 Å². The molecule has 1 atom stereocenters. The van der Waals surface area contributed by atoms with Crippen molar-refractivity contribution in [2.24, 2.45) is 0 Å². The summed E-state index contributed by atoms with van der Waals surface area (Å²) in [6.07, 6.45) is 6.09.